The fourth-order valence-corrected chi connectivity index (χ4v) is 2.75. The number of fused-ring (bicyclic) bond motifs is 2. The summed E-state index contributed by atoms with van der Waals surface area (Å²) in [6.45, 7) is 2.84. The van der Waals surface area contributed by atoms with E-state index in [0.717, 1.165) is 48.2 Å². The summed E-state index contributed by atoms with van der Waals surface area (Å²) >= 11 is 0. The van der Waals surface area contributed by atoms with E-state index in [2.05, 4.69) is 6.92 Å². The molecule has 0 fully saturated rings. The quantitative estimate of drug-likeness (QED) is 0.914. The lowest BCUT2D eigenvalue weighted by atomic mass is 9.93. The number of nitrogens with zero attached hydrogens (tertiary/aromatic N) is 1. The average Bonchev–Trinajstić information content (AvgIpc) is 2.46. The molecule has 0 saturated carbocycles. The van der Waals surface area contributed by atoms with Gasteiger partial charge in [-0.25, -0.2) is 0 Å². The van der Waals surface area contributed by atoms with Gasteiger partial charge in [-0.3, -0.25) is 4.98 Å². The molecule has 0 aliphatic heterocycles. The summed E-state index contributed by atoms with van der Waals surface area (Å²) in [4.78, 5) is 4.76. The van der Waals surface area contributed by atoms with E-state index < -0.39 is 0 Å². The highest BCUT2D eigenvalue weighted by atomic mass is 16.5. The van der Waals surface area contributed by atoms with E-state index >= 15 is 0 Å². The summed E-state index contributed by atoms with van der Waals surface area (Å²) in [5.74, 6) is 0.888. The first kappa shape index (κ1) is 12.3. The highest BCUT2D eigenvalue weighted by Gasteiger charge is 2.16. The van der Waals surface area contributed by atoms with Crippen LogP contribution in [0.1, 0.15) is 37.4 Å². The molecule has 3 rings (SSSR count). The predicted octanol–water partition coefficient (Wildman–Crippen LogP) is 3.48. The van der Waals surface area contributed by atoms with E-state index in [1.165, 1.54) is 24.1 Å². The van der Waals surface area contributed by atoms with Crippen molar-refractivity contribution in [3.8, 4) is 5.75 Å². The van der Waals surface area contributed by atoms with Gasteiger partial charge in [-0.1, -0.05) is 6.92 Å². The van der Waals surface area contributed by atoms with E-state index in [0.29, 0.717) is 0 Å². The number of nitrogen functional groups attached to an aromatic ring is 1. The van der Waals surface area contributed by atoms with Gasteiger partial charge in [0.25, 0.3) is 0 Å². The Hall–Kier alpha value is -1.77. The number of benzene rings is 1. The van der Waals surface area contributed by atoms with Crippen molar-refractivity contribution in [3.63, 3.8) is 0 Å². The van der Waals surface area contributed by atoms with Crippen LogP contribution in [0.4, 0.5) is 5.69 Å². The van der Waals surface area contributed by atoms with Gasteiger partial charge in [-0.05, 0) is 55.9 Å². The molecule has 0 bridgehead atoms. The molecule has 0 unspecified atom stereocenters. The van der Waals surface area contributed by atoms with Crippen LogP contribution in [0, 0.1) is 0 Å². The fraction of sp³-hybridized carbons (Fsp3) is 0.438. The second kappa shape index (κ2) is 5.08. The number of aryl methyl sites for hydroxylation is 1. The molecule has 0 saturated heterocycles. The monoisotopic (exact) mass is 256 g/mol. The molecule has 0 spiro atoms. The van der Waals surface area contributed by atoms with Gasteiger partial charge in [0.05, 0.1) is 12.1 Å². The smallest absolute Gasteiger partial charge is 0.120 e. The molecule has 19 heavy (non-hydrogen) atoms. The zero-order valence-corrected chi connectivity index (χ0v) is 11.4. The number of rotatable bonds is 3. The van der Waals surface area contributed by atoms with Gasteiger partial charge in [-0.15, -0.1) is 0 Å². The minimum Gasteiger partial charge on any atom is -0.494 e. The Kier molecular flexibility index (Phi) is 3.28. The van der Waals surface area contributed by atoms with Crippen LogP contribution in [-0.2, 0) is 12.8 Å². The van der Waals surface area contributed by atoms with Crippen molar-refractivity contribution < 1.29 is 4.74 Å². The third-order valence-electron chi connectivity index (χ3n) is 3.75. The number of hydrogen-bond acceptors (Lipinski definition) is 3. The molecule has 2 N–H and O–H groups in total. The molecule has 100 valence electrons. The van der Waals surface area contributed by atoms with Crippen LogP contribution in [0.25, 0.3) is 10.9 Å². The van der Waals surface area contributed by atoms with Crippen LogP contribution in [0.5, 0.6) is 5.75 Å². The molecule has 1 aromatic carbocycles. The Morgan fingerprint density at radius 3 is 2.95 bits per heavy atom. The van der Waals surface area contributed by atoms with Crippen LogP contribution >= 0.6 is 0 Å². The van der Waals surface area contributed by atoms with Gasteiger partial charge in [-0.2, -0.15) is 0 Å². The van der Waals surface area contributed by atoms with Gasteiger partial charge in [0.15, 0.2) is 0 Å². The van der Waals surface area contributed by atoms with E-state index in [1.807, 2.05) is 18.2 Å². The third-order valence-corrected chi connectivity index (χ3v) is 3.75. The Morgan fingerprint density at radius 2 is 2.11 bits per heavy atom. The van der Waals surface area contributed by atoms with Crippen LogP contribution in [0.3, 0.4) is 0 Å². The molecule has 3 nitrogen and oxygen atoms in total. The maximum absolute atomic E-state index is 6.34. The van der Waals surface area contributed by atoms with Gasteiger partial charge in [0.1, 0.15) is 5.75 Å². The van der Waals surface area contributed by atoms with Crippen molar-refractivity contribution in [1.82, 2.24) is 4.98 Å². The molecular formula is C16H20N2O. The molecule has 1 aliphatic carbocycles. The number of anilines is 1. The van der Waals surface area contributed by atoms with Crippen LogP contribution in [0.2, 0.25) is 0 Å². The summed E-state index contributed by atoms with van der Waals surface area (Å²) < 4.78 is 5.68. The Balaban J connectivity index is 2.09. The lowest BCUT2D eigenvalue weighted by Gasteiger charge is -2.18. The Labute approximate surface area is 113 Å². The molecular weight excluding hydrogens is 236 g/mol. The maximum atomic E-state index is 6.34. The standard InChI is InChI=1S/C16H20N2O/c1-2-9-19-11-7-8-15-13(10-11)16(17)12-5-3-4-6-14(12)18-15/h7-8,10H,2-6,9H2,1H3,(H2,17,18). The molecule has 3 heteroatoms. The van der Waals surface area contributed by atoms with E-state index in [4.69, 9.17) is 15.5 Å². The van der Waals surface area contributed by atoms with Gasteiger partial charge in [0, 0.05) is 16.8 Å². The summed E-state index contributed by atoms with van der Waals surface area (Å²) in [6.07, 6.45) is 5.57. The summed E-state index contributed by atoms with van der Waals surface area (Å²) in [6, 6.07) is 6.04. The van der Waals surface area contributed by atoms with E-state index in [-0.39, 0.29) is 0 Å². The van der Waals surface area contributed by atoms with Gasteiger partial charge in [0.2, 0.25) is 0 Å². The van der Waals surface area contributed by atoms with Crippen molar-refractivity contribution in [2.45, 2.75) is 39.0 Å². The number of hydrogen-bond donors (Lipinski definition) is 1. The van der Waals surface area contributed by atoms with E-state index in [9.17, 15) is 0 Å². The van der Waals surface area contributed by atoms with Crippen LogP contribution in [-0.4, -0.2) is 11.6 Å². The number of ether oxygens (including phenoxy) is 1. The molecule has 0 amide bonds. The molecule has 0 radical (unpaired) electrons. The molecule has 2 aromatic rings. The normalized spacial score (nSPS) is 14.4. The number of pyridine rings is 1. The van der Waals surface area contributed by atoms with Crippen molar-refractivity contribution in [1.29, 1.82) is 0 Å². The summed E-state index contributed by atoms with van der Waals surface area (Å²) in [7, 11) is 0. The second-order valence-electron chi connectivity index (χ2n) is 5.19. The first-order valence-electron chi connectivity index (χ1n) is 7.13. The van der Waals surface area contributed by atoms with Crippen molar-refractivity contribution in [2.75, 3.05) is 12.3 Å². The minimum absolute atomic E-state index is 0.740. The first-order chi connectivity index (χ1) is 9.29. The molecule has 1 aliphatic rings. The highest BCUT2D eigenvalue weighted by Crippen LogP contribution is 2.32. The van der Waals surface area contributed by atoms with Crippen LogP contribution < -0.4 is 10.5 Å². The largest absolute Gasteiger partial charge is 0.494 e. The van der Waals surface area contributed by atoms with Crippen molar-refractivity contribution >= 4 is 16.6 Å². The minimum atomic E-state index is 0.740. The molecule has 0 atom stereocenters. The average molecular weight is 256 g/mol. The zero-order valence-electron chi connectivity index (χ0n) is 11.4. The Morgan fingerprint density at radius 1 is 1.26 bits per heavy atom. The van der Waals surface area contributed by atoms with Crippen molar-refractivity contribution in [2.24, 2.45) is 0 Å². The molecule has 1 aromatic heterocycles. The SMILES string of the molecule is CCCOc1ccc2nc3c(c(N)c2c1)CCCC3. The first-order valence-corrected chi connectivity index (χ1v) is 7.13. The summed E-state index contributed by atoms with van der Waals surface area (Å²) in [5.41, 5.74) is 10.7. The van der Waals surface area contributed by atoms with Gasteiger partial charge >= 0.3 is 0 Å². The predicted molar refractivity (Wildman–Crippen MR) is 78.6 cm³/mol. The fourth-order valence-electron chi connectivity index (χ4n) is 2.75. The zero-order chi connectivity index (χ0) is 13.2. The summed E-state index contributed by atoms with van der Waals surface area (Å²) in [5, 5.41) is 1.04. The number of aromatic nitrogens is 1. The van der Waals surface area contributed by atoms with Gasteiger partial charge < -0.3 is 10.5 Å². The Bertz CT molecular complexity index is 607. The lowest BCUT2D eigenvalue weighted by Crippen LogP contribution is -2.09. The van der Waals surface area contributed by atoms with Crippen molar-refractivity contribution in [3.05, 3.63) is 29.5 Å². The molecule has 1 heterocycles. The maximum Gasteiger partial charge on any atom is 0.120 e. The lowest BCUT2D eigenvalue weighted by molar-refractivity contribution is 0.318. The van der Waals surface area contributed by atoms with Crippen LogP contribution in [0.15, 0.2) is 18.2 Å². The third kappa shape index (κ3) is 2.25. The van der Waals surface area contributed by atoms with E-state index in [1.54, 1.807) is 0 Å². The topological polar surface area (TPSA) is 48.1 Å². The number of nitrogens with two attached hydrogens (primary N) is 1. The second-order valence-corrected chi connectivity index (χ2v) is 5.19. The highest BCUT2D eigenvalue weighted by molar-refractivity contribution is 5.93.